The number of benzene rings is 3. The first-order valence-corrected chi connectivity index (χ1v) is 14.5. The number of sulfone groups is 1. The first-order valence-electron chi connectivity index (χ1n) is 12.9. The minimum absolute atomic E-state index is 0.0543. The largest absolute Gasteiger partial charge is 0.376 e. The zero-order valence-electron chi connectivity index (χ0n) is 21.2. The van der Waals surface area contributed by atoms with Crippen molar-refractivity contribution in [3.8, 4) is 11.3 Å². The Morgan fingerprint density at radius 3 is 2.30 bits per heavy atom. The maximum absolute atomic E-state index is 12.9. The molecule has 1 aliphatic heterocycles. The van der Waals surface area contributed by atoms with Gasteiger partial charge in [0.2, 0.25) is 0 Å². The monoisotopic (exact) mass is 515 g/mol. The molecule has 1 aliphatic rings. The minimum Gasteiger partial charge on any atom is -0.376 e. The molecule has 2 heterocycles. The van der Waals surface area contributed by atoms with Crippen LogP contribution in [0.25, 0.3) is 22.0 Å². The quantitative estimate of drug-likeness (QED) is 0.291. The van der Waals surface area contributed by atoms with Crippen molar-refractivity contribution < 1.29 is 13.2 Å². The van der Waals surface area contributed by atoms with Crippen LogP contribution in [0.15, 0.2) is 89.8 Å². The average Bonchev–Trinajstić information content (AvgIpc) is 2.95. The van der Waals surface area contributed by atoms with Crippen molar-refractivity contribution in [3.63, 3.8) is 0 Å². The molecule has 1 saturated heterocycles. The van der Waals surface area contributed by atoms with Crippen LogP contribution in [0.4, 0.5) is 5.82 Å². The highest BCUT2D eigenvalue weighted by atomic mass is 32.2. The van der Waals surface area contributed by atoms with E-state index in [0.29, 0.717) is 11.5 Å². The summed E-state index contributed by atoms with van der Waals surface area (Å²) >= 11 is 0. The Kier molecular flexibility index (Phi) is 7.84. The summed E-state index contributed by atoms with van der Waals surface area (Å²) in [5, 5.41) is 2.28. The summed E-state index contributed by atoms with van der Waals surface area (Å²) < 4.78 is 31.3. The van der Waals surface area contributed by atoms with Crippen LogP contribution in [0.1, 0.15) is 12.5 Å². The van der Waals surface area contributed by atoms with Crippen LogP contribution in [0.2, 0.25) is 0 Å². The number of aromatic nitrogens is 1. The fraction of sp³-hybridized carbons (Fsp3) is 0.300. The molecule has 3 aromatic carbocycles. The molecule has 0 unspecified atom stereocenters. The van der Waals surface area contributed by atoms with E-state index in [2.05, 4.69) is 41.0 Å². The summed E-state index contributed by atoms with van der Waals surface area (Å²) in [6.45, 7) is 7.76. The molecule has 0 spiro atoms. The first kappa shape index (κ1) is 25.4. The lowest BCUT2D eigenvalue weighted by atomic mass is 10.1. The van der Waals surface area contributed by atoms with Gasteiger partial charge in [-0.2, -0.15) is 0 Å². The van der Waals surface area contributed by atoms with Gasteiger partial charge in [0.1, 0.15) is 5.82 Å². The van der Waals surface area contributed by atoms with Gasteiger partial charge in [0.15, 0.2) is 9.84 Å². The molecule has 0 bridgehead atoms. The molecule has 7 heteroatoms. The number of fused-ring (bicyclic) bond motifs is 1. The molecule has 0 atom stereocenters. The van der Waals surface area contributed by atoms with Crippen LogP contribution in [-0.4, -0.2) is 63.4 Å². The lowest BCUT2D eigenvalue weighted by Gasteiger charge is -2.35. The van der Waals surface area contributed by atoms with E-state index in [1.807, 2.05) is 48.5 Å². The average molecular weight is 516 g/mol. The van der Waals surface area contributed by atoms with E-state index in [-0.39, 0.29) is 12.4 Å². The van der Waals surface area contributed by atoms with Crippen molar-refractivity contribution in [2.24, 2.45) is 0 Å². The van der Waals surface area contributed by atoms with Gasteiger partial charge in [0.25, 0.3) is 0 Å². The van der Waals surface area contributed by atoms with E-state index in [9.17, 15) is 8.42 Å². The number of hydrogen-bond donors (Lipinski definition) is 0. The second-order valence-electron chi connectivity index (χ2n) is 9.35. The third kappa shape index (κ3) is 6.01. The number of hydrogen-bond acceptors (Lipinski definition) is 6. The molecule has 1 fully saturated rings. The third-order valence-corrected chi connectivity index (χ3v) is 8.65. The summed E-state index contributed by atoms with van der Waals surface area (Å²) in [4.78, 5) is 10.2. The Bertz CT molecular complexity index is 1430. The predicted molar refractivity (Wildman–Crippen MR) is 150 cm³/mol. The van der Waals surface area contributed by atoms with Crippen LogP contribution in [0.3, 0.4) is 0 Å². The van der Waals surface area contributed by atoms with Gasteiger partial charge in [-0.15, -0.1) is 0 Å². The second-order valence-corrected chi connectivity index (χ2v) is 11.5. The summed E-state index contributed by atoms with van der Waals surface area (Å²) in [5.41, 5.74) is 2.78. The maximum Gasteiger partial charge on any atom is 0.180 e. The molecule has 0 radical (unpaired) electrons. The Hall–Kier alpha value is -3.26. The normalized spacial score (nSPS) is 14.8. The van der Waals surface area contributed by atoms with Gasteiger partial charge in [-0.25, -0.2) is 13.4 Å². The molecule has 37 heavy (non-hydrogen) atoms. The van der Waals surface area contributed by atoms with E-state index in [4.69, 9.17) is 9.72 Å². The third-order valence-electron chi connectivity index (χ3n) is 6.96. The van der Waals surface area contributed by atoms with Crippen molar-refractivity contribution in [2.75, 3.05) is 50.0 Å². The van der Waals surface area contributed by atoms with Crippen molar-refractivity contribution in [1.29, 1.82) is 0 Å². The lowest BCUT2D eigenvalue weighted by molar-refractivity contribution is 0.135. The highest BCUT2D eigenvalue weighted by Crippen LogP contribution is 2.31. The summed E-state index contributed by atoms with van der Waals surface area (Å²) in [7, 11) is -3.44. The van der Waals surface area contributed by atoms with E-state index >= 15 is 0 Å². The van der Waals surface area contributed by atoms with Crippen molar-refractivity contribution in [2.45, 2.75) is 18.4 Å². The molecule has 0 amide bonds. The number of anilines is 1. The molecular formula is C30H33N3O3S. The van der Waals surface area contributed by atoms with Crippen molar-refractivity contribution >= 4 is 26.4 Å². The first-order chi connectivity index (χ1) is 18.0. The zero-order valence-corrected chi connectivity index (χ0v) is 22.0. The SMILES string of the molecule is CCN1CCN(c2nc(-c3ccc(S(=O)(=O)CCOCc4ccccc4)cc3)cc3ccccc23)CC1. The van der Waals surface area contributed by atoms with Gasteiger partial charge in [-0.05, 0) is 35.7 Å². The predicted octanol–water partition coefficient (Wildman–Crippen LogP) is 5.03. The molecule has 5 rings (SSSR count). The van der Waals surface area contributed by atoms with E-state index in [1.165, 1.54) is 0 Å². The number of pyridine rings is 1. The van der Waals surface area contributed by atoms with E-state index in [0.717, 1.165) is 66.1 Å². The second kappa shape index (κ2) is 11.4. The van der Waals surface area contributed by atoms with Crippen LogP contribution in [0.5, 0.6) is 0 Å². The summed E-state index contributed by atoms with van der Waals surface area (Å²) in [5.74, 6) is 0.942. The smallest absolute Gasteiger partial charge is 0.180 e. The van der Waals surface area contributed by atoms with Crippen molar-refractivity contribution in [3.05, 3.63) is 90.5 Å². The number of piperazine rings is 1. The van der Waals surface area contributed by atoms with Gasteiger partial charge in [-0.1, -0.05) is 73.7 Å². The Labute approximate surface area is 219 Å². The van der Waals surface area contributed by atoms with Crippen molar-refractivity contribution in [1.82, 2.24) is 9.88 Å². The van der Waals surface area contributed by atoms with Crippen LogP contribution >= 0.6 is 0 Å². The fourth-order valence-corrected chi connectivity index (χ4v) is 5.85. The lowest BCUT2D eigenvalue weighted by Crippen LogP contribution is -2.46. The maximum atomic E-state index is 12.9. The molecule has 4 aromatic rings. The Morgan fingerprint density at radius 2 is 1.57 bits per heavy atom. The summed E-state index contributed by atoms with van der Waals surface area (Å²) in [6, 6.07) is 27.2. The van der Waals surface area contributed by atoms with Crippen LogP contribution in [0, 0.1) is 0 Å². The van der Waals surface area contributed by atoms with E-state index in [1.54, 1.807) is 12.1 Å². The molecule has 0 aliphatic carbocycles. The molecular weight excluding hydrogens is 482 g/mol. The molecule has 192 valence electrons. The Morgan fingerprint density at radius 1 is 0.865 bits per heavy atom. The number of nitrogens with zero attached hydrogens (tertiary/aromatic N) is 3. The standard InChI is InChI=1S/C30H33N3O3S/c1-2-32-16-18-33(19-17-32)30-28-11-7-6-10-26(28)22-29(31-30)25-12-14-27(15-13-25)37(34,35)21-20-36-23-24-8-4-3-5-9-24/h3-15,22H,2,16-21,23H2,1H3. The Balaban J connectivity index is 1.32. The molecule has 1 aromatic heterocycles. The van der Waals surface area contributed by atoms with Crippen LogP contribution < -0.4 is 4.90 Å². The van der Waals surface area contributed by atoms with Gasteiger partial charge >= 0.3 is 0 Å². The minimum atomic E-state index is -3.44. The zero-order chi connectivity index (χ0) is 25.7. The molecule has 0 saturated carbocycles. The number of rotatable bonds is 9. The highest BCUT2D eigenvalue weighted by Gasteiger charge is 2.20. The van der Waals surface area contributed by atoms with E-state index < -0.39 is 9.84 Å². The van der Waals surface area contributed by atoms with Gasteiger partial charge in [0.05, 0.1) is 29.6 Å². The molecule has 6 nitrogen and oxygen atoms in total. The van der Waals surface area contributed by atoms with Gasteiger partial charge < -0.3 is 14.5 Å². The number of ether oxygens (including phenoxy) is 1. The fourth-order valence-electron chi connectivity index (χ4n) is 4.73. The topological polar surface area (TPSA) is 62.7 Å². The summed E-state index contributed by atoms with van der Waals surface area (Å²) in [6.07, 6.45) is 0. The number of likely N-dealkylation sites (N-methyl/N-ethyl adjacent to an activating group) is 1. The van der Waals surface area contributed by atoms with Gasteiger partial charge in [-0.3, -0.25) is 0 Å². The van der Waals surface area contributed by atoms with Crippen LogP contribution in [-0.2, 0) is 21.2 Å². The highest BCUT2D eigenvalue weighted by molar-refractivity contribution is 7.91. The molecule has 0 N–H and O–H groups in total. The van der Waals surface area contributed by atoms with Gasteiger partial charge in [0, 0.05) is 37.1 Å².